The third-order valence-corrected chi connectivity index (χ3v) is 4.75. The molecule has 0 aliphatic carbocycles. The summed E-state index contributed by atoms with van der Waals surface area (Å²) in [6, 6.07) is 11.2. The Morgan fingerprint density at radius 1 is 0.885 bits per heavy atom. The number of halogens is 1. The molecular weight excluding hydrogens is 350 g/mol. The van der Waals surface area contributed by atoms with E-state index in [1.807, 2.05) is 52.1 Å². The fourth-order valence-corrected chi connectivity index (χ4v) is 2.80. The van der Waals surface area contributed by atoms with Crippen LogP contribution in [0.25, 0.3) is 0 Å². The van der Waals surface area contributed by atoms with Crippen LogP contribution in [0.5, 0.6) is 0 Å². The molecule has 26 heavy (non-hydrogen) atoms. The average Bonchev–Trinajstić information content (AvgIpc) is 2.56. The summed E-state index contributed by atoms with van der Waals surface area (Å²) in [5.74, 6) is -0.282. The highest BCUT2D eigenvalue weighted by atomic mass is 35.5. The number of amides is 2. The van der Waals surface area contributed by atoms with Crippen LogP contribution < -0.4 is 15.5 Å². The van der Waals surface area contributed by atoms with E-state index in [1.54, 1.807) is 12.1 Å². The van der Waals surface area contributed by atoms with Crippen LogP contribution in [-0.2, 0) is 9.59 Å². The molecule has 1 unspecified atom stereocenters. The zero-order valence-corrected chi connectivity index (χ0v) is 16.3. The lowest BCUT2D eigenvalue weighted by Crippen LogP contribution is -3.11. The number of carbonyl (C=O) groups is 2. The van der Waals surface area contributed by atoms with Crippen LogP contribution in [0.1, 0.15) is 16.7 Å². The van der Waals surface area contributed by atoms with Crippen LogP contribution in [0.2, 0.25) is 5.02 Å². The van der Waals surface area contributed by atoms with Crippen molar-refractivity contribution < 1.29 is 14.5 Å². The van der Waals surface area contributed by atoms with Crippen LogP contribution in [-0.4, -0.2) is 32.0 Å². The molecule has 2 aromatic rings. The summed E-state index contributed by atoms with van der Waals surface area (Å²) >= 11 is 6.06. The van der Waals surface area contributed by atoms with Crippen LogP contribution in [0, 0.1) is 20.8 Å². The predicted molar refractivity (Wildman–Crippen MR) is 106 cm³/mol. The smallest absolute Gasteiger partial charge is 0.279 e. The summed E-state index contributed by atoms with van der Waals surface area (Å²) in [5, 5.41) is 6.37. The predicted octanol–water partition coefficient (Wildman–Crippen LogP) is 2.36. The van der Waals surface area contributed by atoms with Gasteiger partial charge in [0.1, 0.15) is 0 Å². The minimum atomic E-state index is -0.160. The molecule has 0 bridgehead atoms. The summed E-state index contributed by atoms with van der Waals surface area (Å²) in [4.78, 5) is 25.3. The molecule has 0 fully saturated rings. The number of rotatable bonds is 6. The third kappa shape index (κ3) is 5.31. The first-order chi connectivity index (χ1) is 12.3. The minimum absolute atomic E-state index is 0.122. The van der Waals surface area contributed by atoms with E-state index >= 15 is 0 Å². The average molecular weight is 375 g/mol. The van der Waals surface area contributed by atoms with E-state index in [4.69, 9.17) is 11.6 Å². The van der Waals surface area contributed by atoms with E-state index in [0.29, 0.717) is 10.7 Å². The number of likely N-dealkylation sites (N-methyl/N-ethyl adjacent to an activating group) is 1. The molecule has 0 saturated heterocycles. The lowest BCUT2D eigenvalue weighted by atomic mass is 10.1. The molecule has 0 spiro atoms. The minimum Gasteiger partial charge on any atom is -0.322 e. The van der Waals surface area contributed by atoms with Gasteiger partial charge in [-0.05, 0) is 55.7 Å². The van der Waals surface area contributed by atoms with Crippen molar-refractivity contribution in [2.24, 2.45) is 0 Å². The molecule has 0 aliphatic rings. The second-order valence-corrected chi connectivity index (χ2v) is 6.97. The molecule has 0 saturated carbocycles. The van der Waals surface area contributed by atoms with Gasteiger partial charge in [-0.2, -0.15) is 0 Å². The molecule has 5 nitrogen and oxygen atoms in total. The van der Waals surface area contributed by atoms with Crippen LogP contribution in [0.15, 0.2) is 36.4 Å². The van der Waals surface area contributed by atoms with Crippen LogP contribution in [0.4, 0.5) is 11.4 Å². The number of hydrogen-bond acceptors (Lipinski definition) is 2. The number of quaternary nitrogens is 1. The maximum Gasteiger partial charge on any atom is 0.279 e. The van der Waals surface area contributed by atoms with E-state index in [2.05, 4.69) is 10.6 Å². The van der Waals surface area contributed by atoms with E-state index in [-0.39, 0.29) is 24.9 Å². The molecule has 0 radical (unpaired) electrons. The number of anilines is 2. The summed E-state index contributed by atoms with van der Waals surface area (Å²) < 4.78 is 0. The van der Waals surface area contributed by atoms with Gasteiger partial charge in [0.2, 0.25) is 0 Å². The monoisotopic (exact) mass is 374 g/mol. The van der Waals surface area contributed by atoms with E-state index in [0.717, 1.165) is 27.3 Å². The van der Waals surface area contributed by atoms with Crippen molar-refractivity contribution in [3.8, 4) is 0 Å². The molecule has 0 aromatic heterocycles. The first-order valence-corrected chi connectivity index (χ1v) is 8.88. The SMILES string of the molecule is Cc1cccc(NC(=O)C[NH+](C)CC(=O)Nc2cccc(Cl)c2C)c1C. The van der Waals surface area contributed by atoms with Crippen molar-refractivity contribution >= 4 is 34.8 Å². The van der Waals surface area contributed by atoms with Gasteiger partial charge >= 0.3 is 0 Å². The molecule has 2 rings (SSSR count). The quantitative estimate of drug-likeness (QED) is 0.726. The van der Waals surface area contributed by atoms with Crippen molar-refractivity contribution in [2.75, 3.05) is 30.8 Å². The Hall–Kier alpha value is -2.37. The molecule has 0 heterocycles. The summed E-state index contributed by atoms with van der Waals surface area (Å²) in [6.45, 7) is 6.22. The standard InChI is InChI=1S/C20H24ClN3O2/c1-13-7-5-9-17(14(13)2)22-19(25)11-24(4)12-20(26)23-18-10-6-8-16(21)15(18)3/h5-10H,11-12H2,1-4H3,(H,22,25)(H,23,26)/p+1. The lowest BCUT2D eigenvalue weighted by molar-refractivity contribution is -0.862. The number of carbonyl (C=O) groups excluding carboxylic acids is 2. The van der Waals surface area contributed by atoms with Gasteiger partial charge in [0.15, 0.2) is 13.1 Å². The van der Waals surface area contributed by atoms with Crippen molar-refractivity contribution in [3.63, 3.8) is 0 Å². The molecule has 138 valence electrons. The maximum atomic E-state index is 12.2. The second kappa shape index (κ2) is 8.83. The molecule has 2 amide bonds. The van der Waals surface area contributed by atoms with E-state index in [9.17, 15) is 9.59 Å². The Kier molecular flexibility index (Phi) is 6.77. The number of aryl methyl sites for hydroxylation is 1. The summed E-state index contributed by atoms with van der Waals surface area (Å²) in [6.07, 6.45) is 0. The zero-order valence-electron chi connectivity index (χ0n) is 15.6. The fraction of sp³-hybridized carbons (Fsp3) is 0.300. The van der Waals surface area contributed by atoms with Gasteiger partial charge in [-0.25, -0.2) is 0 Å². The van der Waals surface area contributed by atoms with Gasteiger partial charge in [-0.3, -0.25) is 9.59 Å². The Bertz CT molecular complexity index is 753. The van der Waals surface area contributed by atoms with Gasteiger partial charge < -0.3 is 15.5 Å². The molecule has 1 atom stereocenters. The van der Waals surface area contributed by atoms with Gasteiger partial charge in [-0.1, -0.05) is 29.8 Å². The largest absolute Gasteiger partial charge is 0.322 e. The Morgan fingerprint density at radius 2 is 1.38 bits per heavy atom. The highest BCUT2D eigenvalue weighted by molar-refractivity contribution is 6.31. The Balaban J connectivity index is 1.88. The molecular formula is C20H25ClN3O2+. The Morgan fingerprint density at radius 3 is 1.96 bits per heavy atom. The molecule has 2 aromatic carbocycles. The first-order valence-electron chi connectivity index (χ1n) is 8.50. The third-order valence-electron chi connectivity index (χ3n) is 4.35. The maximum absolute atomic E-state index is 12.2. The summed E-state index contributed by atoms with van der Waals surface area (Å²) in [7, 11) is 1.81. The van der Waals surface area contributed by atoms with E-state index in [1.165, 1.54) is 0 Å². The molecule has 3 N–H and O–H groups in total. The number of benzene rings is 2. The van der Waals surface area contributed by atoms with Crippen LogP contribution >= 0.6 is 11.6 Å². The molecule has 6 heteroatoms. The van der Waals surface area contributed by atoms with Gasteiger partial charge in [0, 0.05) is 16.4 Å². The second-order valence-electron chi connectivity index (χ2n) is 6.57. The van der Waals surface area contributed by atoms with Gasteiger partial charge in [0.05, 0.1) is 7.05 Å². The fourth-order valence-electron chi connectivity index (χ4n) is 2.63. The first kappa shape index (κ1) is 19.9. The van der Waals surface area contributed by atoms with Crippen molar-refractivity contribution in [2.45, 2.75) is 20.8 Å². The number of hydrogen-bond donors (Lipinski definition) is 3. The normalized spacial score (nSPS) is 11.7. The van der Waals surface area contributed by atoms with Gasteiger partial charge in [-0.15, -0.1) is 0 Å². The topological polar surface area (TPSA) is 62.6 Å². The molecule has 0 aliphatic heterocycles. The lowest BCUT2D eigenvalue weighted by Gasteiger charge is -2.15. The number of nitrogens with one attached hydrogen (secondary N) is 3. The highest BCUT2D eigenvalue weighted by Gasteiger charge is 2.16. The van der Waals surface area contributed by atoms with E-state index < -0.39 is 0 Å². The van der Waals surface area contributed by atoms with Crippen LogP contribution in [0.3, 0.4) is 0 Å². The zero-order chi connectivity index (χ0) is 19.3. The van der Waals surface area contributed by atoms with Gasteiger partial charge in [0.25, 0.3) is 11.8 Å². The van der Waals surface area contributed by atoms with Crippen molar-refractivity contribution in [3.05, 3.63) is 58.1 Å². The van der Waals surface area contributed by atoms with Crippen molar-refractivity contribution in [1.82, 2.24) is 0 Å². The van der Waals surface area contributed by atoms with Crippen molar-refractivity contribution in [1.29, 1.82) is 0 Å². The summed E-state index contributed by atoms with van der Waals surface area (Å²) in [5.41, 5.74) is 4.50. The highest BCUT2D eigenvalue weighted by Crippen LogP contribution is 2.22. The Labute approximate surface area is 159 Å².